The number of nitrogens with one attached hydrogen (secondary N) is 1. The van der Waals surface area contributed by atoms with E-state index in [1.165, 1.54) is 23.5 Å². The Morgan fingerprint density at radius 3 is 2.59 bits per heavy atom. The first kappa shape index (κ1) is 25.2. The second kappa shape index (κ2) is 10.1. The number of aliphatic hydroxyl groups is 1. The van der Waals surface area contributed by atoms with Gasteiger partial charge in [-0.05, 0) is 72.4 Å². The van der Waals surface area contributed by atoms with Gasteiger partial charge in [0.25, 0.3) is 0 Å². The van der Waals surface area contributed by atoms with Crippen molar-refractivity contribution in [3.8, 4) is 22.3 Å². The van der Waals surface area contributed by atoms with E-state index in [0.29, 0.717) is 36.6 Å². The highest BCUT2D eigenvalue weighted by atomic mass is 32.1. The molecule has 190 valence electrons. The van der Waals surface area contributed by atoms with Gasteiger partial charge in [0, 0.05) is 30.4 Å². The highest BCUT2D eigenvalue weighted by molar-refractivity contribution is 7.19. The van der Waals surface area contributed by atoms with Gasteiger partial charge >= 0.3 is 6.18 Å². The van der Waals surface area contributed by atoms with E-state index in [1.807, 2.05) is 24.4 Å². The molecule has 0 bridgehead atoms. The van der Waals surface area contributed by atoms with Crippen LogP contribution in [0.1, 0.15) is 36.1 Å². The summed E-state index contributed by atoms with van der Waals surface area (Å²) in [6, 6.07) is 12.7. The summed E-state index contributed by atoms with van der Waals surface area (Å²) in [6.07, 6.45) is 1.89. The first-order valence-corrected chi connectivity index (χ1v) is 12.8. The number of benzene rings is 2. The Bertz CT molecular complexity index is 1470. The Morgan fingerprint density at radius 1 is 1.11 bits per heavy atom. The van der Waals surface area contributed by atoms with Crippen LogP contribution in [0, 0.1) is 11.8 Å². The van der Waals surface area contributed by atoms with Crippen molar-refractivity contribution in [2.75, 3.05) is 11.9 Å². The fourth-order valence-electron chi connectivity index (χ4n) is 4.14. The number of halogens is 3. The van der Waals surface area contributed by atoms with Crippen LogP contribution < -0.4 is 11.1 Å². The molecule has 37 heavy (non-hydrogen) atoms. The van der Waals surface area contributed by atoms with E-state index in [4.69, 9.17) is 5.73 Å². The van der Waals surface area contributed by atoms with Gasteiger partial charge in [-0.2, -0.15) is 13.2 Å². The molecule has 9 heteroatoms. The molecular formula is C28H25F3N4OS. The summed E-state index contributed by atoms with van der Waals surface area (Å²) in [4.78, 5) is 9.72. The fraction of sp³-hybridized carbons (Fsp3) is 0.286. The van der Waals surface area contributed by atoms with E-state index in [9.17, 15) is 18.3 Å². The second-order valence-electron chi connectivity index (χ2n) is 9.31. The second-order valence-corrected chi connectivity index (χ2v) is 10.3. The van der Waals surface area contributed by atoms with Gasteiger partial charge in [0.1, 0.15) is 11.3 Å². The maximum atomic E-state index is 12.8. The average Bonchev–Trinajstić information content (AvgIpc) is 3.28. The molecule has 2 heterocycles. The summed E-state index contributed by atoms with van der Waals surface area (Å²) < 4.78 is 38.4. The van der Waals surface area contributed by atoms with Gasteiger partial charge in [-0.25, -0.2) is 4.98 Å². The standard InChI is InChI=1S/C28H25F3N4OS/c29-28(30,31)22-6-2-18(3-7-22)14-23(32)17-34-26-35-24(8-12-27(36)10-1-11-27)25(37-26)20-4-5-21-16-33-13-9-19(21)15-20/h2-7,9,13,15-16,23,36H,1,10-11,14,17,32H2,(H,34,35)/t23-/m0/s1. The molecular weight excluding hydrogens is 497 g/mol. The first-order chi connectivity index (χ1) is 17.7. The molecule has 0 amide bonds. The van der Waals surface area contributed by atoms with E-state index in [1.54, 1.807) is 6.20 Å². The molecule has 4 N–H and O–H groups in total. The number of fused-ring (bicyclic) bond motifs is 1. The highest BCUT2D eigenvalue weighted by Gasteiger charge is 2.32. The molecule has 0 unspecified atom stereocenters. The summed E-state index contributed by atoms with van der Waals surface area (Å²) in [5.74, 6) is 6.08. The summed E-state index contributed by atoms with van der Waals surface area (Å²) in [5, 5.41) is 16.4. The lowest BCUT2D eigenvalue weighted by Crippen LogP contribution is -2.34. The maximum Gasteiger partial charge on any atom is 0.416 e. The van der Waals surface area contributed by atoms with E-state index < -0.39 is 17.3 Å². The van der Waals surface area contributed by atoms with E-state index >= 15 is 0 Å². The lowest BCUT2D eigenvalue weighted by molar-refractivity contribution is -0.137. The van der Waals surface area contributed by atoms with E-state index in [0.717, 1.165) is 45.3 Å². The summed E-state index contributed by atoms with van der Waals surface area (Å²) in [5.41, 5.74) is 6.91. The van der Waals surface area contributed by atoms with Crippen molar-refractivity contribution in [2.45, 2.75) is 43.5 Å². The monoisotopic (exact) mass is 522 g/mol. The van der Waals surface area contributed by atoms with Crippen molar-refractivity contribution >= 4 is 27.2 Å². The van der Waals surface area contributed by atoms with E-state index in [-0.39, 0.29) is 6.04 Å². The number of hydrogen-bond acceptors (Lipinski definition) is 6. The average molecular weight is 523 g/mol. The van der Waals surface area contributed by atoms with Gasteiger partial charge in [0.15, 0.2) is 5.13 Å². The third kappa shape index (κ3) is 5.93. The number of nitrogens with zero attached hydrogens (tertiary/aromatic N) is 2. The molecule has 2 aromatic carbocycles. The van der Waals surface area contributed by atoms with Crippen LogP contribution in [-0.2, 0) is 12.6 Å². The van der Waals surface area contributed by atoms with Crippen LogP contribution in [0.5, 0.6) is 0 Å². The third-order valence-electron chi connectivity index (χ3n) is 6.42. The zero-order valence-corrected chi connectivity index (χ0v) is 20.7. The number of hydrogen-bond donors (Lipinski definition) is 3. The molecule has 1 fully saturated rings. The van der Waals surface area contributed by atoms with Crippen LogP contribution in [0.25, 0.3) is 21.2 Å². The quantitative estimate of drug-likeness (QED) is 0.286. The van der Waals surface area contributed by atoms with Crippen molar-refractivity contribution in [2.24, 2.45) is 5.73 Å². The normalized spacial score (nSPS) is 15.5. The smallest absolute Gasteiger partial charge is 0.378 e. The lowest BCUT2D eigenvalue weighted by Gasteiger charge is -2.30. The van der Waals surface area contributed by atoms with Crippen LogP contribution in [-0.4, -0.2) is 33.3 Å². The van der Waals surface area contributed by atoms with Crippen LogP contribution in [0.15, 0.2) is 60.9 Å². The zero-order valence-electron chi connectivity index (χ0n) is 19.8. The van der Waals surface area contributed by atoms with Gasteiger partial charge in [-0.3, -0.25) is 4.98 Å². The van der Waals surface area contributed by atoms with Crippen LogP contribution in [0.3, 0.4) is 0 Å². The number of alkyl halides is 3. The molecule has 0 aliphatic heterocycles. The molecule has 0 saturated heterocycles. The summed E-state index contributed by atoms with van der Waals surface area (Å²) in [6.45, 7) is 0.383. The Labute approximate surface area is 216 Å². The predicted molar refractivity (Wildman–Crippen MR) is 140 cm³/mol. The SMILES string of the molecule is N[C@H](CNc1nc(C#CC2(O)CCC2)c(-c2ccc3cnccc3c2)s1)Cc1ccc(C(F)(F)F)cc1. The molecule has 1 atom stereocenters. The van der Waals surface area contributed by atoms with Gasteiger partial charge in [0.05, 0.1) is 10.4 Å². The molecule has 1 saturated carbocycles. The van der Waals surface area contributed by atoms with Crippen molar-refractivity contribution in [1.29, 1.82) is 0 Å². The third-order valence-corrected chi connectivity index (χ3v) is 7.48. The van der Waals surface area contributed by atoms with Crippen molar-refractivity contribution in [3.63, 3.8) is 0 Å². The van der Waals surface area contributed by atoms with Gasteiger partial charge in [-0.1, -0.05) is 41.5 Å². The number of aromatic nitrogens is 2. The molecule has 5 nitrogen and oxygen atoms in total. The molecule has 0 radical (unpaired) electrons. The van der Waals surface area contributed by atoms with Crippen LogP contribution in [0.4, 0.5) is 18.3 Å². The Hall–Kier alpha value is -3.45. The Morgan fingerprint density at radius 2 is 1.89 bits per heavy atom. The number of anilines is 1. The summed E-state index contributed by atoms with van der Waals surface area (Å²) >= 11 is 1.45. The predicted octanol–water partition coefficient (Wildman–Crippen LogP) is 5.63. The van der Waals surface area contributed by atoms with Crippen molar-refractivity contribution in [1.82, 2.24) is 9.97 Å². The van der Waals surface area contributed by atoms with E-state index in [2.05, 4.69) is 33.2 Å². The number of rotatable bonds is 6. The highest BCUT2D eigenvalue weighted by Crippen LogP contribution is 2.36. The lowest BCUT2D eigenvalue weighted by atomic mass is 9.81. The van der Waals surface area contributed by atoms with Crippen LogP contribution >= 0.6 is 11.3 Å². The minimum absolute atomic E-state index is 0.331. The molecule has 0 spiro atoms. The number of thiazole rings is 1. The zero-order chi connectivity index (χ0) is 26.0. The van der Waals surface area contributed by atoms with Gasteiger partial charge in [-0.15, -0.1) is 0 Å². The van der Waals surface area contributed by atoms with Gasteiger partial charge < -0.3 is 16.2 Å². The van der Waals surface area contributed by atoms with Crippen molar-refractivity contribution in [3.05, 3.63) is 77.7 Å². The fourth-order valence-corrected chi connectivity index (χ4v) is 5.06. The molecule has 1 aliphatic carbocycles. The summed E-state index contributed by atoms with van der Waals surface area (Å²) in [7, 11) is 0. The number of pyridine rings is 1. The maximum absolute atomic E-state index is 12.8. The first-order valence-electron chi connectivity index (χ1n) is 11.9. The molecule has 4 aromatic rings. The topological polar surface area (TPSA) is 84.1 Å². The minimum Gasteiger partial charge on any atom is -0.378 e. The molecule has 2 aromatic heterocycles. The number of nitrogens with two attached hydrogens (primary N) is 1. The van der Waals surface area contributed by atoms with Crippen LogP contribution in [0.2, 0.25) is 0 Å². The van der Waals surface area contributed by atoms with Gasteiger partial charge in [0.2, 0.25) is 0 Å². The molecule has 5 rings (SSSR count). The Balaban J connectivity index is 1.34. The minimum atomic E-state index is -4.36. The largest absolute Gasteiger partial charge is 0.416 e. The molecule has 1 aliphatic rings. The van der Waals surface area contributed by atoms with Crippen molar-refractivity contribution < 1.29 is 18.3 Å². The Kier molecular flexibility index (Phi) is 6.90.